The highest BCUT2D eigenvalue weighted by atomic mass is 15.1. The first kappa shape index (κ1) is 12.4. The highest BCUT2D eigenvalue weighted by Gasteiger charge is 2.21. The SMILES string of the molecule is CN(CC1CCCNC1)C1CCCCCC1. The van der Waals surface area contributed by atoms with Crippen molar-refractivity contribution in [3.8, 4) is 0 Å². The molecule has 0 aromatic carbocycles. The Morgan fingerprint density at radius 2 is 1.75 bits per heavy atom. The Kier molecular flexibility index (Phi) is 5.11. The van der Waals surface area contributed by atoms with Crippen LogP contribution in [-0.2, 0) is 0 Å². The first-order valence-electron chi connectivity index (χ1n) is 7.27. The minimum atomic E-state index is 0.879. The summed E-state index contributed by atoms with van der Waals surface area (Å²) in [6.07, 6.45) is 11.5. The van der Waals surface area contributed by atoms with Crippen molar-refractivity contribution < 1.29 is 0 Å². The van der Waals surface area contributed by atoms with Gasteiger partial charge < -0.3 is 10.2 Å². The summed E-state index contributed by atoms with van der Waals surface area (Å²) in [7, 11) is 2.35. The van der Waals surface area contributed by atoms with E-state index in [1.165, 1.54) is 71.0 Å². The summed E-state index contributed by atoms with van der Waals surface area (Å²) in [6.45, 7) is 3.80. The fourth-order valence-corrected chi connectivity index (χ4v) is 3.33. The molecular formula is C14H28N2. The van der Waals surface area contributed by atoms with Crippen LogP contribution in [-0.4, -0.2) is 37.6 Å². The maximum atomic E-state index is 3.53. The third-order valence-electron chi connectivity index (χ3n) is 4.39. The van der Waals surface area contributed by atoms with Crippen molar-refractivity contribution >= 4 is 0 Å². The van der Waals surface area contributed by atoms with Gasteiger partial charge in [0.1, 0.15) is 0 Å². The Morgan fingerprint density at radius 1 is 1.00 bits per heavy atom. The Balaban J connectivity index is 1.74. The molecule has 1 saturated heterocycles. The molecule has 1 unspecified atom stereocenters. The lowest BCUT2D eigenvalue weighted by molar-refractivity contribution is 0.174. The van der Waals surface area contributed by atoms with Crippen LogP contribution in [0.3, 0.4) is 0 Å². The normalized spacial score (nSPS) is 29.2. The predicted molar refractivity (Wildman–Crippen MR) is 69.7 cm³/mol. The second-order valence-corrected chi connectivity index (χ2v) is 5.80. The fraction of sp³-hybridized carbons (Fsp3) is 1.00. The van der Waals surface area contributed by atoms with E-state index in [1.807, 2.05) is 0 Å². The molecule has 1 N–H and O–H groups in total. The fourth-order valence-electron chi connectivity index (χ4n) is 3.33. The molecule has 2 heteroatoms. The van der Waals surface area contributed by atoms with Crippen molar-refractivity contribution in [2.75, 3.05) is 26.7 Å². The molecule has 0 radical (unpaired) electrons. The number of nitrogens with zero attached hydrogens (tertiary/aromatic N) is 1. The lowest BCUT2D eigenvalue weighted by atomic mass is 9.97. The minimum absolute atomic E-state index is 0.879. The van der Waals surface area contributed by atoms with Crippen molar-refractivity contribution in [2.45, 2.75) is 57.4 Å². The zero-order chi connectivity index (χ0) is 11.2. The third-order valence-corrected chi connectivity index (χ3v) is 4.39. The van der Waals surface area contributed by atoms with Crippen LogP contribution >= 0.6 is 0 Å². The van der Waals surface area contributed by atoms with E-state index in [9.17, 15) is 0 Å². The Bertz CT molecular complexity index is 179. The van der Waals surface area contributed by atoms with Gasteiger partial charge in [0, 0.05) is 12.6 Å². The summed E-state index contributed by atoms with van der Waals surface area (Å²) in [4.78, 5) is 2.66. The molecule has 1 aliphatic heterocycles. The monoisotopic (exact) mass is 224 g/mol. The van der Waals surface area contributed by atoms with Crippen molar-refractivity contribution in [3.63, 3.8) is 0 Å². The van der Waals surface area contributed by atoms with Crippen LogP contribution < -0.4 is 5.32 Å². The lowest BCUT2D eigenvalue weighted by Gasteiger charge is -2.32. The Labute approximate surface area is 101 Å². The van der Waals surface area contributed by atoms with Gasteiger partial charge in [-0.25, -0.2) is 0 Å². The largest absolute Gasteiger partial charge is 0.316 e. The summed E-state index contributed by atoms with van der Waals surface area (Å²) in [5.41, 5.74) is 0. The van der Waals surface area contributed by atoms with Gasteiger partial charge in [-0.1, -0.05) is 25.7 Å². The van der Waals surface area contributed by atoms with E-state index in [0.29, 0.717) is 0 Å². The van der Waals surface area contributed by atoms with Crippen LogP contribution in [0.5, 0.6) is 0 Å². The van der Waals surface area contributed by atoms with E-state index in [-0.39, 0.29) is 0 Å². The van der Waals surface area contributed by atoms with E-state index >= 15 is 0 Å². The molecule has 1 aliphatic carbocycles. The van der Waals surface area contributed by atoms with Crippen LogP contribution in [0, 0.1) is 5.92 Å². The van der Waals surface area contributed by atoms with Gasteiger partial charge in [-0.2, -0.15) is 0 Å². The molecule has 1 heterocycles. The Hall–Kier alpha value is -0.0800. The second kappa shape index (κ2) is 6.61. The summed E-state index contributed by atoms with van der Waals surface area (Å²) < 4.78 is 0. The lowest BCUT2D eigenvalue weighted by Crippen LogP contribution is -2.40. The van der Waals surface area contributed by atoms with Crippen molar-refractivity contribution in [1.82, 2.24) is 10.2 Å². The molecule has 1 atom stereocenters. The molecule has 16 heavy (non-hydrogen) atoms. The molecule has 0 amide bonds. The summed E-state index contributed by atoms with van der Waals surface area (Å²) in [6, 6.07) is 0.879. The van der Waals surface area contributed by atoms with E-state index in [1.54, 1.807) is 0 Å². The summed E-state index contributed by atoms with van der Waals surface area (Å²) >= 11 is 0. The van der Waals surface area contributed by atoms with Gasteiger partial charge in [0.25, 0.3) is 0 Å². The molecular weight excluding hydrogens is 196 g/mol. The van der Waals surface area contributed by atoms with Crippen LogP contribution in [0.15, 0.2) is 0 Å². The van der Waals surface area contributed by atoms with Gasteiger partial charge in [-0.05, 0) is 51.7 Å². The molecule has 2 aliphatic rings. The molecule has 2 nitrogen and oxygen atoms in total. The number of hydrogen-bond donors (Lipinski definition) is 1. The quantitative estimate of drug-likeness (QED) is 0.741. The standard InChI is InChI=1S/C14H28N2/c1-16(12-13-7-6-10-15-11-13)14-8-4-2-3-5-9-14/h13-15H,2-12H2,1H3. The first-order valence-corrected chi connectivity index (χ1v) is 7.27. The maximum Gasteiger partial charge on any atom is 0.00923 e. The van der Waals surface area contributed by atoms with Crippen LogP contribution in [0.4, 0.5) is 0 Å². The van der Waals surface area contributed by atoms with E-state index in [2.05, 4.69) is 17.3 Å². The van der Waals surface area contributed by atoms with Crippen molar-refractivity contribution in [1.29, 1.82) is 0 Å². The van der Waals surface area contributed by atoms with Crippen LogP contribution in [0.2, 0.25) is 0 Å². The van der Waals surface area contributed by atoms with Gasteiger partial charge in [0.2, 0.25) is 0 Å². The molecule has 0 bridgehead atoms. The second-order valence-electron chi connectivity index (χ2n) is 5.80. The van der Waals surface area contributed by atoms with E-state index in [0.717, 1.165) is 12.0 Å². The number of hydrogen-bond acceptors (Lipinski definition) is 2. The topological polar surface area (TPSA) is 15.3 Å². The molecule has 2 rings (SSSR count). The molecule has 0 aromatic heterocycles. The molecule has 0 spiro atoms. The minimum Gasteiger partial charge on any atom is -0.316 e. The highest BCUT2D eigenvalue weighted by molar-refractivity contribution is 4.77. The van der Waals surface area contributed by atoms with E-state index in [4.69, 9.17) is 0 Å². The van der Waals surface area contributed by atoms with Crippen molar-refractivity contribution in [3.05, 3.63) is 0 Å². The number of piperidine rings is 1. The molecule has 0 aromatic rings. The molecule has 2 fully saturated rings. The third kappa shape index (κ3) is 3.74. The van der Waals surface area contributed by atoms with Gasteiger partial charge in [0.15, 0.2) is 0 Å². The van der Waals surface area contributed by atoms with Gasteiger partial charge >= 0.3 is 0 Å². The average Bonchev–Trinajstić information content (AvgIpc) is 2.59. The zero-order valence-electron chi connectivity index (χ0n) is 10.9. The summed E-state index contributed by atoms with van der Waals surface area (Å²) in [5.74, 6) is 0.905. The van der Waals surface area contributed by atoms with Gasteiger partial charge in [-0.15, -0.1) is 0 Å². The maximum absolute atomic E-state index is 3.53. The first-order chi connectivity index (χ1) is 7.86. The van der Waals surface area contributed by atoms with E-state index < -0.39 is 0 Å². The number of nitrogens with one attached hydrogen (secondary N) is 1. The highest BCUT2D eigenvalue weighted by Crippen LogP contribution is 2.22. The smallest absolute Gasteiger partial charge is 0.00923 e. The van der Waals surface area contributed by atoms with Gasteiger partial charge in [-0.3, -0.25) is 0 Å². The molecule has 94 valence electrons. The van der Waals surface area contributed by atoms with Gasteiger partial charge in [0.05, 0.1) is 0 Å². The molecule has 1 saturated carbocycles. The van der Waals surface area contributed by atoms with Crippen LogP contribution in [0.1, 0.15) is 51.4 Å². The van der Waals surface area contributed by atoms with Crippen molar-refractivity contribution in [2.24, 2.45) is 5.92 Å². The van der Waals surface area contributed by atoms with Crippen LogP contribution in [0.25, 0.3) is 0 Å². The predicted octanol–water partition coefficient (Wildman–Crippen LogP) is 2.64. The number of rotatable bonds is 3. The zero-order valence-corrected chi connectivity index (χ0v) is 10.9. The summed E-state index contributed by atoms with van der Waals surface area (Å²) in [5, 5.41) is 3.53. The Morgan fingerprint density at radius 3 is 2.38 bits per heavy atom. The average molecular weight is 224 g/mol.